The number of hydrogen-bond donors (Lipinski definition) is 0. The molecular weight excluding hydrogens is 409 g/mol. The van der Waals surface area contributed by atoms with E-state index >= 15 is 0 Å². The predicted octanol–water partition coefficient (Wildman–Crippen LogP) is 3.91. The van der Waals surface area contributed by atoms with Gasteiger partial charge in [0.1, 0.15) is 11.6 Å². The summed E-state index contributed by atoms with van der Waals surface area (Å²) in [6.45, 7) is 1.82. The smallest absolute Gasteiger partial charge is 0.253 e. The number of carbonyl (C=O) groups excluding carboxylic acids is 1. The van der Waals surface area contributed by atoms with Crippen LogP contribution in [0.4, 0.5) is 4.39 Å². The van der Waals surface area contributed by atoms with Crippen molar-refractivity contribution in [1.29, 1.82) is 0 Å². The summed E-state index contributed by atoms with van der Waals surface area (Å²) in [6.07, 6.45) is 7.19. The molecule has 5 rings (SSSR count). The molecule has 164 valence electrons. The Bertz CT molecular complexity index is 1250. The topological polar surface area (TPSA) is 65.2 Å². The Kier molecular flexibility index (Phi) is 5.34. The number of halogens is 1. The highest BCUT2D eigenvalue weighted by molar-refractivity contribution is 5.94. The minimum atomic E-state index is -0.298. The maximum absolute atomic E-state index is 13.5. The monoisotopic (exact) mass is 433 g/mol. The molecule has 7 nitrogen and oxygen atoms in total. The highest BCUT2D eigenvalue weighted by Gasteiger charge is 2.27. The van der Waals surface area contributed by atoms with E-state index in [2.05, 4.69) is 14.6 Å². The molecule has 0 saturated carbocycles. The van der Waals surface area contributed by atoms with Crippen molar-refractivity contribution in [3.8, 4) is 5.75 Å². The molecule has 4 aromatic rings. The van der Waals surface area contributed by atoms with Crippen LogP contribution in [0.5, 0.6) is 5.75 Å². The summed E-state index contributed by atoms with van der Waals surface area (Å²) in [6, 6.07) is 12.2. The first kappa shape index (κ1) is 20.2. The number of methoxy groups -OCH3 is 1. The van der Waals surface area contributed by atoms with Gasteiger partial charge in [-0.3, -0.25) is 9.48 Å². The minimum Gasteiger partial charge on any atom is -0.496 e. The summed E-state index contributed by atoms with van der Waals surface area (Å²) < 4.78 is 22.9. The molecule has 1 saturated heterocycles. The van der Waals surface area contributed by atoms with E-state index in [4.69, 9.17) is 4.74 Å². The fourth-order valence-electron chi connectivity index (χ4n) is 4.45. The van der Waals surface area contributed by atoms with E-state index in [9.17, 15) is 9.18 Å². The van der Waals surface area contributed by atoms with E-state index in [-0.39, 0.29) is 17.8 Å². The number of aromatic nitrogens is 4. The zero-order valence-electron chi connectivity index (χ0n) is 17.8. The van der Waals surface area contributed by atoms with E-state index in [1.54, 1.807) is 30.4 Å². The van der Waals surface area contributed by atoms with Crippen molar-refractivity contribution in [2.75, 3.05) is 20.2 Å². The zero-order valence-corrected chi connectivity index (χ0v) is 17.8. The highest BCUT2D eigenvalue weighted by Crippen LogP contribution is 2.28. The number of likely N-dealkylation sites (tertiary alicyclic amines) is 1. The Morgan fingerprint density at radius 3 is 2.97 bits per heavy atom. The normalized spacial score (nSPS) is 16.4. The van der Waals surface area contributed by atoms with Gasteiger partial charge in [-0.1, -0.05) is 0 Å². The average molecular weight is 433 g/mol. The van der Waals surface area contributed by atoms with Crippen LogP contribution in [0.3, 0.4) is 0 Å². The molecule has 8 heteroatoms. The molecule has 1 aliphatic heterocycles. The van der Waals surface area contributed by atoms with Gasteiger partial charge >= 0.3 is 0 Å². The average Bonchev–Trinajstić information content (AvgIpc) is 3.48. The molecule has 0 aliphatic carbocycles. The Morgan fingerprint density at radius 2 is 2.16 bits per heavy atom. The molecule has 2 aromatic heterocycles. The zero-order chi connectivity index (χ0) is 22.1. The first-order valence-corrected chi connectivity index (χ1v) is 10.7. The SMILES string of the molecule is COc1ccc(C(=O)N2CCC[C@H](n3cnc4cc(F)ccc43)C2)cc1Cn1cccn1. The molecule has 0 radical (unpaired) electrons. The molecule has 2 aromatic carbocycles. The van der Waals surface area contributed by atoms with Crippen LogP contribution in [0.1, 0.15) is 34.8 Å². The van der Waals surface area contributed by atoms with Crippen molar-refractivity contribution in [3.63, 3.8) is 0 Å². The second kappa shape index (κ2) is 8.45. The van der Waals surface area contributed by atoms with Gasteiger partial charge in [0, 0.05) is 42.7 Å². The molecule has 1 amide bonds. The van der Waals surface area contributed by atoms with Crippen LogP contribution in [0.2, 0.25) is 0 Å². The number of carbonyl (C=O) groups is 1. The minimum absolute atomic E-state index is 0.00506. The third-order valence-electron chi connectivity index (χ3n) is 6.03. The molecule has 1 fully saturated rings. The van der Waals surface area contributed by atoms with Crippen molar-refractivity contribution in [3.05, 3.63) is 78.1 Å². The van der Waals surface area contributed by atoms with Gasteiger partial charge < -0.3 is 14.2 Å². The van der Waals surface area contributed by atoms with Crippen LogP contribution in [-0.2, 0) is 6.54 Å². The lowest BCUT2D eigenvalue weighted by Crippen LogP contribution is -2.40. The Morgan fingerprint density at radius 1 is 1.25 bits per heavy atom. The molecule has 1 atom stereocenters. The van der Waals surface area contributed by atoms with Crippen LogP contribution in [-0.4, -0.2) is 50.3 Å². The van der Waals surface area contributed by atoms with Crippen molar-refractivity contribution < 1.29 is 13.9 Å². The fourth-order valence-corrected chi connectivity index (χ4v) is 4.45. The molecule has 0 N–H and O–H groups in total. The lowest BCUT2D eigenvalue weighted by Gasteiger charge is -2.34. The quantitative estimate of drug-likeness (QED) is 0.479. The number of fused-ring (bicyclic) bond motifs is 1. The number of nitrogens with zero attached hydrogens (tertiary/aromatic N) is 5. The van der Waals surface area contributed by atoms with Crippen molar-refractivity contribution in [2.45, 2.75) is 25.4 Å². The predicted molar refractivity (Wildman–Crippen MR) is 118 cm³/mol. The van der Waals surface area contributed by atoms with Crippen LogP contribution in [0.25, 0.3) is 11.0 Å². The van der Waals surface area contributed by atoms with Crippen molar-refractivity contribution in [1.82, 2.24) is 24.2 Å². The second-order valence-corrected chi connectivity index (χ2v) is 8.06. The first-order valence-electron chi connectivity index (χ1n) is 10.7. The summed E-state index contributed by atoms with van der Waals surface area (Å²) >= 11 is 0. The number of rotatable bonds is 5. The highest BCUT2D eigenvalue weighted by atomic mass is 19.1. The number of piperidine rings is 1. The van der Waals surface area contributed by atoms with Gasteiger partial charge in [0.15, 0.2) is 0 Å². The standard InChI is InChI=1S/C24H24FN5O2/c1-32-23-8-5-17(12-18(23)14-29-11-3-9-27-29)24(31)28-10-2-4-20(15-28)30-16-26-21-13-19(25)6-7-22(21)30/h3,5-9,11-13,16,20H,2,4,10,14-15H2,1H3/t20-/m0/s1. The van der Waals surface area contributed by atoms with Gasteiger partial charge in [-0.25, -0.2) is 9.37 Å². The van der Waals surface area contributed by atoms with Gasteiger partial charge in [0.25, 0.3) is 5.91 Å². The van der Waals surface area contributed by atoms with Crippen LogP contribution >= 0.6 is 0 Å². The number of ether oxygens (including phenoxy) is 1. The summed E-state index contributed by atoms with van der Waals surface area (Å²) in [5.41, 5.74) is 3.05. The number of imidazole rings is 1. The lowest BCUT2D eigenvalue weighted by molar-refractivity contribution is 0.0681. The number of amides is 1. The lowest BCUT2D eigenvalue weighted by atomic mass is 10.0. The van der Waals surface area contributed by atoms with Gasteiger partial charge in [-0.15, -0.1) is 0 Å². The third kappa shape index (κ3) is 3.84. The van der Waals surface area contributed by atoms with E-state index in [0.717, 1.165) is 29.7 Å². The Hall–Kier alpha value is -3.68. The summed E-state index contributed by atoms with van der Waals surface area (Å²) in [7, 11) is 1.62. The largest absolute Gasteiger partial charge is 0.496 e. The summed E-state index contributed by atoms with van der Waals surface area (Å²) in [5, 5.41) is 4.25. The fraction of sp³-hybridized carbons (Fsp3) is 0.292. The van der Waals surface area contributed by atoms with E-state index in [1.165, 1.54) is 12.1 Å². The number of benzene rings is 2. The Balaban J connectivity index is 1.38. The van der Waals surface area contributed by atoms with Crippen LogP contribution in [0, 0.1) is 5.82 Å². The molecule has 0 unspecified atom stereocenters. The second-order valence-electron chi connectivity index (χ2n) is 8.06. The van der Waals surface area contributed by atoms with E-state index < -0.39 is 0 Å². The van der Waals surface area contributed by atoms with Crippen LogP contribution < -0.4 is 4.74 Å². The number of hydrogen-bond acceptors (Lipinski definition) is 4. The van der Waals surface area contributed by atoms with Gasteiger partial charge in [0.05, 0.1) is 37.1 Å². The molecule has 0 bridgehead atoms. The van der Waals surface area contributed by atoms with Gasteiger partial charge in [-0.2, -0.15) is 5.10 Å². The van der Waals surface area contributed by atoms with Crippen LogP contribution in [0.15, 0.2) is 61.2 Å². The maximum atomic E-state index is 13.5. The van der Waals surface area contributed by atoms with E-state index in [0.29, 0.717) is 30.7 Å². The molecule has 3 heterocycles. The van der Waals surface area contributed by atoms with Gasteiger partial charge in [0.2, 0.25) is 0 Å². The maximum Gasteiger partial charge on any atom is 0.253 e. The molecule has 1 aliphatic rings. The van der Waals surface area contributed by atoms with Crippen molar-refractivity contribution >= 4 is 16.9 Å². The van der Waals surface area contributed by atoms with E-state index in [1.807, 2.05) is 35.4 Å². The molecule has 32 heavy (non-hydrogen) atoms. The van der Waals surface area contributed by atoms with Gasteiger partial charge in [-0.05, 0) is 49.2 Å². The Labute approximate surface area is 185 Å². The first-order chi connectivity index (χ1) is 15.6. The third-order valence-corrected chi connectivity index (χ3v) is 6.03. The molecule has 0 spiro atoms. The summed E-state index contributed by atoms with van der Waals surface area (Å²) in [4.78, 5) is 19.6. The van der Waals surface area contributed by atoms with Crippen molar-refractivity contribution in [2.24, 2.45) is 0 Å². The molecular formula is C24H24FN5O2. The summed E-state index contributed by atoms with van der Waals surface area (Å²) in [5.74, 6) is 0.425.